The number of anilines is 3. The lowest BCUT2D eigenvalue weighted by molar-refractivity contribution is -0.116. The van der Waals surface area contributed by atoms with Gasteiger partial charge in [-0.3, -0.25) is 4.79 Å². The van der Waals surface area contributed by atoms with Gasteiger partial charge in [-0.05, 0) is 42.4 Å². The third kappa shape index (κ3) is 2.35. The third-order valence-electron chi connectivity index (χ3n) is 4.82. The van der Waals surface area contributed by atoms with E-state index in [2.05, 4.69) is 30.1 Å². The van der Waals surface area contributed by atoms with Gasteiger partial charge in [-0.25, -0.2) is 0 Å². The first-order valence-corrected chi connectivity index (χ1v) is 7.52. The lowest BCUT2D eigenvalue weighted by Crippen LogP contribution is -2.38. The van der Waals surface area contributed by atoms with E-state index in [-0.39, 0.29) is 5.91 Å². The number of carbonyl (C=O) groups is 1. The number of aryl methyl sites for hydroxylation is 1. The normalized spacial score (nSPS) is 26.1. The molecule has 1 fully saturated rings. The van der Waals surface area contributed by atoms with Crippen LogP contribution in [0, 0.1) is 11.8 Å². The Kier molecular flexibility index (Phi) is 3.32. The zero-order chi connectivity index (χ0) is 14.3. The predicted octanol–water partition coefficient (Wildman–Crippen LogP) is 2.64. The Bertz CT molecular complexity index is 541. The van der Waals surface area contributed by atoms with Gasteiger partial charge in [-0.1, -0.05) is 13.8 Å². The number of fused-ring (bicyclic) bond motifs is 1. The van der Waals surface area contributed by atoms with Crippen LogP contribution in [0.5, 0.6) is 0 Å². The molecule has 2 atom stereocenters. The van der Waals surface area contributed by atoms with Gasteiger partial charge in [0.05, 0.1) is 11.4 Å². The maximum absolute atomic E-state index is 11.5. The Balaban J connectivity index is 1.90. The monoisotopic (exact) mass is 273 g/mol. The first kappa shape index (κ1) is 13.3. The number of amides is 1. The molecule has 2 unspecified atom stereocenters. The van der Waals surface area contributed by atoms with E-state index in [1.54, 1.807) is 0 Å². The Morgan fingerprint density at radius 1 is 1.25 bits per heavy atom. The van der Waals surface area contributed by atoms with Gasteiger partial charge < -0.3 is 16.0 Å². The molecule has 108 valence electrons. The van der Waals surface area contributed by atoms with E-state index in [0.717, 1.165) is 48.1 Å². The minimum Gasteiger partial charge on any atom is -0.397 e. The van der Waals surface area contributed by atoms with E-state index in [9.17, 15) is 4.79 Å². The quantitative estimate of drug-likeness (QED) is 0.773. The maximum atomic E-state index is 11.5. The van der Waals surface area contributed by atoms with E-state index >= 15 is 0 Å². The molecule has 1 aromatic rings. The Morgan fingerprint density at radius 3 is 2.80 bits per heavy atom. The number of nitrogens with zero attached hydrogens (tertiary/aromatic N) is 1. The fraction of sp³-hybridized carbons (Fsp3) is 0.562. The van der Waals surface area contributed by atoms with Crippen LogP contribution in [0.1, 0.15) is 32.3 Å². The highest BCUT2D eigenvalue weighted by Gasteiger charge is 2.25. The molecule has 0 saturated carbocycles. The highest BCUT2D eigenvalue weighted by molar-refractivity contribution is 5.95. The number of hydrogen-bond donors (Lipinski definition) is 2. The number of carbonyl (C=O) groups excluding carboxylic acids is 1. The molecule has 1 aromatic carbocycles. The summed E-state index contributed by atoms with van der Waals surface area (Å²) in [5, 5.41) is 2.97. The second-order valence-corrected chi connectivity index (χ2v) is 6.31. The van der Waals surface area contributed by atoms with E-state index in [1.807, 2.05) is 6.07 Å². The SMILES string of the molecule is CC1CCN(c2cc3c(cc2N)CCC(=O)N3)CC1C. The molecule has 1 amide bonds. The first-order chi connectivity index (χ1) is 9.54. The minimum atomic E-state index is 0.105. The summed E-state index contributed by atoms with van der Waals surface area (Å²) in [5.41, 5.74) is 10.2. The van der Waals surface area contributed by atoms with Gasteiger partial charge in [-0.2, -0.15) is 0 Å². The van der Waals surface area contributed by atoms with Gasteiger partial charge in [0.15, 0.2) is 0 Å². The largest absolute Gasteiger partial charge is 0.397 e. The standard InChI is InChI=1S/C16H23N3O/c1-10-5-6-19(9-11(10)2)15-8-14-12(7-13(15)17)3-4-16(20)18-14/h7-8,10-11H,3-6,9,17H2,1-2H3,(H,18,20). The fourth-order valence-electron chi connectivity index (χ4n) is 3.19. The molecule has 3 rings (SSSR count). The van der Waals surface area contributed by atoms with Gasteiger partial charge >= 0.3 is 0 Å². The third-order valence-corrected chi connectivity index (χ3v) is 4.82. The van der Waals surface area contributed by atoms with Gasteiger partial charge in [0.1, 0.15) is 0 Å². The van der Waals surface area contributed by atoms with Crippen molar-refractivity contribution in [2.75, 3.05) is 29.0 Å². The van der Waals surface area contributed by atoms with Crippen molar-refractivity contribution in [2.45, 2.75) is 33.1 Å². The number of nitrogens with two attached hydrogens (primary N) is 1. The predicted molar refractivity (Wildman–Crippen MR) is 83.0 cm³/mol. The summed E-state index contributed by atoms with van der Waals surface area (Å²) >= 11 is 0. The van der Waals surface area contributed by atoms with Crippen LogP contribution < -0.4 is 16.0 Å². The molecule has 0 aliphatic carbocycles. The summed E-state index contributed by atoms with van der Waals surface area (Å²) in [6, 6.07) is 4.09. The number of hydrogen-bond acceptors (Lipinski definition) is 3. The lowest BCUT2D eigenvalue weighted by Gasteiger charge is -2.38. The summed E-state index contributed by atoms with van der Waals surface area (Å²) in [7, 11) is 0. The molecule has 1 saturated heterocycles. The first-order valence-electron chi connectivity index (χ1n) is 7.52. The summed E-state index contributed by atoms with van der Waals surface area (Å²) in [5.74, 6) is 1.55. The fourth-order valence-corrected chi connectivity index (χ4v) is 3.19. The number of nitrogens with one attached hydrogen (secondary N) is 1. The molecular weight excluding hydrogens is 250 g/mol. The van der Waals surface area contributed by atoms with E-state index < -0.39 is 0 Å². The number of rotatable bonds is 1. The topological polar surface area (TPSA) is 58.4 Å². The van der Waals surface area contributed by atoms with E-state index in [4.69, 9.17) is 5.73 Å². The number of nitrogen functional groups attached to an aromatic ring is 1. The minimum absolute atomic E-state index is 0.105. The van der Waals surface area contributed by atoms with Crippen LogP contribution in [-0.2, 0) is 11.2 Å². The van der Waals surface area contributed by atoms with Crippen LogP contribution >= 0.6 is 0 Å². The molecule has 0 bridgehead atoms. The molecule has 2 aliphatic rings. The van der Waals surface area contributed by atoms with Crippen molar-refractivity contribution in [1.29, 1.82) is 0 Å². The lowest BCUT2D eigenvalue weighted by atomic mass is 9.88. The molecule has 4 nitrogen and oxygen atoms in total. The van der Waals surface area contributed by atoms with E-state index in [1.165, 1.54) is 6.42 Å². The maximum Gasteiger partial charge on any atom is 0.224 e. The molecule has 2 heterocycles. The number of piperidine rings is 1. The molecule has 2 aliphatic heterocycles. The van der Waals surface area contributed by atoms with Crippen molar-refractivity contribution in [3.8, 4) is 0 Å². The van der Waals surface area contributed by atoms with Crippen molar-refractivity contribution in [1.82, 2.24) is 0 Å². The second kappa shape index (κ2) is 5.00. The van der Waals surface area contributed by atoms with Crippen LogP contribution in [0.25, 0.3) is 0 Å². The van der Waals surface area contributed by atoms with Crippen molar-refractivity contribution in [3.05, 3.63) is 17.7 Å². The van der Waals surface area contributed by atoms with Gasteiger partial charge in [0, 0.05) is 25.2 Å². The summed E-state index contributed by atoms with van der Waals surface area (Å²) in [4.78, 5) is 13.9. The summed E-state index contributed by atoms with van der Waals surface area (Å²) in [6.45, 7) is 6.70. The van der Waals surface area contributed by atoms with Crippen molar-refractivity contribution < 1.29 is 4.79 Å². The molecular formula is C16H23N3O. The van der Waals surface area contributed by atoms with Crippen molar-refractivity contribution in [2.24, 2.45) is 11.8 Å². The second-order valence-electron chi connectivity index (χ2n) is 6.31. The zero-order valence-corrected chi connectivity index (χ0v) is 12.3. The zero-order valence-electron chi connectivity index (χ0n) is 12.3. The average Bonchev–Trinajstić information content (AvgIpc) is 2.42. The molecule has 3 N–H and O–H groups in total. The molecule has 0 spiro atoms. The molecule has 0 aromatic heterocycles. The molecule has 20 heavy (non-hydrogen) atoms. The highest BCUT2D eigenvalue weighted by Crippen LogP contribution is 2.36. The van der Waals surface area contributed by atoms with Crippen LogP contribution in [0.15, 0.2) is 12.1 Å². The highest BCUT2D eigenvalue weighted by atomic mass is 16.1. The Morgan fingerprint density at radius 2 is 2.05 bits per heavy atom. The van der Waals surface area contributed by atoms with Crippen molar-refractivity contribution >= 4 is 23.0 Å². The van der Waals surface area contributed by atoms with Gasteiger partial charge in [0.25, 0.3) is 0 Å². The van der Waals surface area contributed by atoms with Crippen LogP contribution in [-0.4, -0.2) is 19.0 Å². The van der Waals surface area contributed by atoms with Crippen LogP contribution in [0.4, 0.5) is 17.1 Å². The molecule has 4 heteroatoms. The molecule has 0 radical (unpaired) electrons. The van der Waals surface area contributed by atoms with Gasteiger partial charge in [0.2, 0.25) is 5.91 Å². The summed E-state index contributed by atoms with van der Waals surface area (Å²) in [6.07, 6.45) is 2.55. The van der Waals surface area contributed by atoms with Crippen molar-refractivity contribution in [3.63, 3.8) is 0 Å². The van der Waals surface area contributed by atoms with E-state index in [0.29, 0.717) is 12.3 Å². The van der Waals surface area contributed by atoms with Crippen LogP contribution in [0.2, 0.25) is 0 Å². The Hall–Kier alpha value is -1.71. The van der Waals surface area contributed by atoms with Crippen LogP contribution in [0.3, 0.4) is 0 Å². The van der Waals surface area contributed by atoms with Gasteiger partial charge in [-0.15, -0.1) is 0 Å². The average molecular weight is 273 g/mol. The smallest absolute Gasteiger partial charge is 0.224 e. The summed E-state index contributed by atoms with van der Waals surface area (Å²) < 4.78 is 0. The number of benzene rings is 1. The Labute approximate surface area is 120 Å².